The van der Waals surface area contributed by atoms with E-state index in [1.165, 1.54) is 4.57 Å². The Morgan fingerprint density at radius 3 is 2.63 bits per heavy atom. The van der Waals surface area contributed by atoms with Crippen molar-refractivity contribution in [3.63, 3.8) is 0 Å². The summed E-state index contributed by atoms with van der Waals surface area (Å²) in [6.45, 7) is 3.39. The molecule has 2 heterocycles. The lowest BCUT2D eigenvalue weighted by Crippen LogP contribution is -2.29. The van der Waals surface area contributed by atoms with Crippen LogP contribution in [0.3, 0.4) is 0 Å². The Hall–Kier alpha value is -3.35. The Morgan fingerprint density at radius 1 is 1.04 bits per heavy atom. The van der Waals surface area contributed by atoms with Gasteiger partial charge in [0, 0.05) is 26.1 Å². The number of hydrogen-bond donors (Lipinski definition) is 1. The van der Waals surface area contributed by atoms with Gasteiger partial charge in [0.1, 0.15) is 5.82 Å². The number of aryl methyl sites for hydroxylation is 2. The lowest BCUT2D eigenvalue weighted by Gasteiger charge is -2.09. The van der Waals surface area contributed by atoms with Crippen LogP contribution in [-0.2, 0) is 17.9 Å². The third-order valence-electron chi connectivity index (χ3n) is 4.64. The summed E-state index contributed by atoms with van der Waals surface area (Å²) in [5.74, 6) is 0.376. The lowest BCUT2D eigenvalue weighted by atomic mass is 10.3. The third kappa shape index (κ3) is 3.36. The minimum absolute atomic E-state index is 0.103. The van der Waals surface area contributed by atoms with E-state index in [2.05, 4.69) is 14.9 Å². The van der Waals surface area contributed by atoms with E-state index >= 15 is 0 Å². The summed E-state index contributed by atoms with van der Waals surface area (Å²) >= 11 is 0. The zero-order chi connectivity index (χ0) is 18.8. The molecule has 0 atom stereocenters. The van der Waals surface area contributed by atoms with Gasteiger partial charge in [0.05, 0.1) is 16.6 Å². The molecule has 7 nitrogen and oxygen atoms in total. The molecule has 0 bridgehead atoms. The first-order valence-corrected chi connectivity index (χ1v) is 8.90. The fourth-order valence-corrected chi connectivity index (χ4v) is 3.31. The summed E-state index contributed by atoms with van der Waals surface area (Å²) in [6, 6.07) is 15.1. The van der Waals surface area contributed by atoms with Gasteiger partial charge in [-0.2, -0.15) is 0 Å². The van der Waals surface area contributed by atoms with Crippen LogP contribution in [0.2, 0.25) is 0 Å². The second-order valence-corrected chi connectivity index (χ2v) is 6.39. The number of hydrogen-bond acceptors (Lipinski definition) is 4. The van der Waals surface area contributed by atoms with Crippen LogP contribution in [0.25, 0.3) is 22.1 Å². The molecule has 0 fully saturated rings. The van der Waals surface area contributed by atoms with Gasteiger partial charge in [0.25, 0.3) is 0 Å². The molecule has 1 amide bonds. The van der Waals surface area contributed by atoms with Crippen LogP contribution in [0, 0.1) is 6.92 Å². The predicted molar refractivity (Wildman–Crippen MR) is 103 cm³/mol. The van der Waals surface area contributed by atoms with Crippen molar-refractivity contribution in [3.8, 4) is 0 Å². The Bertz CT molecular complexity index is 1170. The molecule has 4 aromatic rings. The molecule has 138 valence electrons. The number of imidazole rings is 1. The minimum atomic E-state index is -0.440. The van der Waals surface area contributed by atoms with Crippen LogP contribution in [0.15, 0.2) is 57.7 Å². The number of carbonyl (C=O) groups excluding carboxylic acids is 1. The number of nitrogens with one attached hydrogen (secondary N) is 1. The van der Waals surface area contributed by atoms with Crippen LogP contribution in [0.5, 0.6) is 0 Å². The van der Waals surface area contributed by atoms with Crippen LogP contribution in [-0.4, -0.2) is 26.6 Å². The van der Waals surface area contributed by atoms with Gasteiger partial charge >= 0.3 is 5.76 Å². The molecule has 0 saturated carbocycles. The number of oxazole rings is 1. The third-order valence-corrected chi connectivity index (χ3v) is 4.64. The van der Waals surface area contributed by atoms with Crippen LogP contribution >= 0.6 is 0 Å². The van der Waals surface area contributed by atoms with E-state index in [-0.39, 0.29) is 18.9 Å². The van der Waals surface area contributed by atoms with Crippen molar-refractivity contribution in [2.45, 2.75) is 26.4 Å². The van der Waals surface area contributed by atoms with Gasteiger partial charge in [0.15, 0.2) is 5.58 Å². The van der Waals surface area contributed by atoms with E-state index in [9.17, 15) is 9.59 Å². The molecule has 0 unspecified atom stereocenters. The maximum absolute atomic E-state index is 12.2. The highest BCUT2D eigenvalue weighted by Crippen LogP contribution is 2.15. The molecule has 27 heavy (non-hydrogen) atoms. The standard InChI is InChI=1S/C20H20N4O3/c1-14-22-15-6-2-3-7-16(15)23(14)13-11-21-19(25)10-12-24-17-8-4-5-9-18(17)27-20(24)26/h2-9H,10-13H2,1H3,(H,21,25). The highest BCUT2D eigenvalue weighted by molar-refractivity contribution is 5.77. The first kappa shape index (κ1) is 17.1. The summed E-state index contributed by atoms with van der Waals surface area (Å²) in [5.41, 5.74) is 3.24. The number of benzene rings is 2. The molecule has 2 aromatic heterocycles. The molecule has 0 spiro atoms. The van der Waals surface area contributed by atoms with Gasteiger partial charge < -0.3 is 14.3 Å². The number of nitrogens with zero attached hydrogens (tertiary/aromatic N) is 3. The topological polar surface area (TPSA) is 82.1 Å². The maximum Gasteiger partial charge on any atom is 0.419 e. The summed E-state index contributed by atoms with van der Waals surface area (Å²) in [7, 11) is 0. The van der Waals surface area contributed by atoms with E-state index in [0.29, 0.717) is 24.2 Å². The van der Waals surface area contributed by atoms with Crippen molar-refractivity contribution >= 4 is 28.0 Å². The van der Waals surface area contributed by atoms with Crippen molar-refractivity contribution in [2.75, 3.05) is 6.54 Å². The number of carbonyl (C=O) groups is 1. The fraction of sp³-hybridized carbons (Fsp3) is 0.250. The normalized spacial score (nSPS) is 11.3. The fourth-order valence-electron chi connectivity index (χ4n) is 3.31. The zero-order valence-electron chi connectivity index (χ0n) is 15.0. The van der Waals surface area contributed by atoms with Gasteiger partial charge in [-0.15, -0.1) is 0 Å². The first-order chi connectivity index (χ1) is 13.1. The maximum atomic E-state index is 12.2. The van der Waals surface area contributed by atoms with Gasteiger partial charge in [-0.05, 0) is 31.2 Å². The molecule has 0 radical (unpaired) electrons. The van der Waals surface area contributed by atoms with Crippen LogP contribution < -0.4 is 11.1 Å². The average molecular weight is 364 g/mol. The monoisotopic (exact) mass is 364 g/mol. The molecule has 0 aliphatic rings. The minimum Gasteiger partial charge on any atom is -0.408 e. The van der Waals surface area contributed by atoms with E-state index in [1.54, 1.807) is 6.07 Å². The second-order valence-electron chi connectivity index (χ2n) is 6.39. The quantitative estimate of drug-likeness (QED) is 0.570. The summed E-state index contributed by atoms with van der Waals surface area (Å²) in [6.07, 6.45) is 0.215. The van der Waals surface area contributed by atoms with Crippen molar-refractivity contribution in [1.82, 2.24) is 19.4 Å². The molecular weight excluding hydrogens is 344 g/mol. The summed E-state index contributed by atoms with van der Waals surface area (Å²) in [4.78, 5) is 28.6. The van der Waals surface area contributed by atoms with Gasteiger partial charge in [-0.25, -0.2) is 9.78 Å². The van der Waals surface area contributed by atoms with Crippen molar-refractivity contribution < 1.29 is 9.21 Å². The molecule has 4 rings (SSSR count). The number of amides is 1. The van der Waals surface area contributed by atoms with E-state index in [4.69, 9.17) is 4.42 Å². The largest absolute Gasteiger partial charge is 0.419 e. The predicted octanol–water partition coefficient (Wildman–Crippen LogP) is 2.46. The smallest absolute Gasteiger partial charge is 0.408 e. The Balaban J connectivity index is 1.35. The van der Waals surface area contributed by atoms with E-state index < -0.39 is 5.76 Å². The second kappa shape index (κ2) is 7.11. The Kier molecular flexibility index (Phi) is 4.50. The highest BCUT2D eigenvalue weighted by Gasteiger charge is 2.11. The number of rotatable bonds is 6. The highest BCUT2D eigenvalue weighted by atomic mass is 16.4. The van der Waals surface area contributed by atoms with Crippen molar-refractivity contribution in [2.24, 2.45) is 0 Å². The molecule has 1 N–H and O–H groups in total. The number of aromatic nitrogens is 3. The summed E-state index contributed by atoms with van der Waals surface area (Å²) in [5, 5.41) is 2.91. The molecule has 0 saturated heterocycles. The van der Waals surface area contributed by atoms with Gasteiger partial charge in [0.2, 0.25) is 5.91 Å². The SMILES string of the molecule is Cc1nc2ccccc2n1CCNC(=O)CCn1c(=O)oc2ccccc21. The van der Waals surface area contributed by atoms with Crippen molar-refractivity contribution in [1.29, 1.82) is 0 Å². The van der Waals surface area contributed by atoms with Gasteiger partial charge in [-0.1, -0.05) is 24.3 Å². The van der Waals surface area contributed by atoms with E-state index in [0.717, 1.165) is 16.9 Å². The zero-order valence-corrected chi connectivity index (χ0v) is 15.0. The number of fused-ring (bicyclic) bond motifs is 2. The lowest BCUT2D eigenvalue weighted by molar-refractivity contribution is -0.121. The molecular formula is C20H20N4O3. The molecule has 0 aliphatic heterocycles. The first-order valence-electron chi connectivity index (χ1n) is 8.90. The molecule has 0 aliphatic carbocycles. The van der Waals surface area contributed by atoms with Gasteiger partial charge in [-0.3, -0.25) is 9.36 Å². The van der Waals surface area contributed by atoms with Crippen LogP contribution in [0.4, 0.5) is 0 Å². The van der Waals surface area contributed by atoms with Crippen molar-refractivity contribution in [3.05, 3.63) is 64.9 Å². The van der Waals surface area contributed by atoms with E-state index in [1.807, 2.05) is 49.4 Å². The Labute approximate surface area is 155 Å². The molecule has 2 aromatic carbocycles. The Morgan fingerprint density at radius 2 is 1.78 bits per heavy atom. The van der Waals surface area contributed by atoms with Crippen LogP contribution in [0.1, 0.15) is 12.2 Å². The summed E-state index contributed by atoms with van der Waals surface area (Å²) < 4.78 is 8.76. The average Bonchev–Trinajstić information content (AvgIpc) is 3.16. The number of para-hydroxylation sites is 4. The molecule has 7 heteroatoms.